The van der Waals surface area contributed by atoms with Crippen LogP contribution in [0.5, 0.6) is 0 Å². The molecule has 260 valence electrons. The quantitative estimate of drug-likeness (QED) is 0.135. The van der Waals surface area contributed by atoms with Crippen LogP contribution in [-0.4, -0.2) is 79.8 Å². The first kappa shape index (κ1) is 38.0. The second-order valence-electron chi connectivity index (χ2n) is 13.8. The van der Waals surface area contributed by atoms with Gasteiger partial charge in [0.1, 0.15) is 29.9 Å². The average Bonchev–Trinajstić information content (AvgIpc) is 3.40. The van der Waals surface area contributed by atoms with Gasteiger partial charge < -0.3 is 32.0 Å². The smallest absolute Gasteiger partial charge is 0.253 e. The largest absolute Gasteiger partial charge is 0.368 e. The van der Waals surface area contributed by atoms with Crippen LogP contribution in [0.2, 0.25) is 5.02 Å². The zero-order valence-corrected chi connectivity index (χ0v) is 29.7. The summed E-state index contributed by atoms with van der Waals surface area (Å²) in [5, 5.41) is 12.0. The van der Waals surface area contributed by atoms with Crippen LogP contribution in [-0.2, 0) is 25.6 Å². The number of primary amides is 1. The van der Waals surface area contributed by atoms with Gasteiger partial charge in [-0.1, -0.05) is 57.5 Å². The van der Waals surface area contributed by atoms with E-state index in [-0.39, 0.29) is 28.8 Å². The van der Waals surface area contributed by atoms with Crippen LogP contribution in [0, 0.1) is 11.8 Å². The van der Waals surface area contributed by atoms with Gasteiger partial charge in [-0.05, 0) is 42.9 Å². The number of carbonyl (C=O) groups excluding carboxylic acids is 5. The number of fused-ring (bicyclic) bond motifs is 1. The van der Waals surface area contributed by atoms with E-state index in [9.17, 15) is 24.0 Å². The molecule has 0 bridgehead atoms. The van der Waals surface area contributed by atoms with E-state index in [0.29, 0.717) is 10.9 Å². The predicted octanol–water partition coefficient (Wildman–Crippen LogP) is 3.02. The number of hydrogen-bond donors (Lipinski definition) is 6. The van der Waals surface area contributed by atoms with Crippen LogP contribution in [0.1, 0.15) is 57.0 Å². The summed E-state index contributed by atoms with van der Waals surface area (Å²) in [6.45, 7) is 8.79. The summed E-state index contributed by atoms with van der Waals surface area (Å²) in [6.07, 6.45) is 2.24. The number of aromatic nitrogens is 1. The van der Waals surface area contributed by atoms with Crippen LogP contribution in [0.3, 0.4) is 0 Å². The van der Waals surface area contributed by atoms with Gasteiger partial charge >= 0.3 is 0 Å². The lowest BCUT2D eigenvalue weighted by molar-refractivity contribution is -0.134. The predicted molar refractivity (Wildman–Crippen MR) is 189 cm³/mol. The minimum atomic E-state index is -1.09. The molecule has 0 aliphatic heterocycles. The molecule has 0 fully saturated rings. The average molecular weight is 683 g/mol. The Morgan fingerprint density at radius 2 is 1.50 bits per heavy atom. The fourth-order valence-electron chi connectivity index (χ4n) is 5.24. The highest BCUT2D eigenvalue weighted by molar-refractivity contribution is 6.34. The number of hydrogen-bond acceptors (Lipinski definition) is 5. The number of nitrogens with two attached hydrogens (primary N) is 1. The summed E-state index contributed by atoms with van der Waals surface area (Å²) in [6, 6.07) is 8.70. The van der Waals surface area contributed by atoms with Crippen molar-refractivity contribution in [3.8, 4) is 0 Å². The number of quaternary nitrogens is 1. The molecule has 3 rings (SSSR count). The summed E-state index contributed by atoms with van der Waals surface area (Å²) in [7, 11) is 5.87. The Morgan fingerprint density at radius 1 is 0.833 bits per heavy atom. The van der Waals surface area contributed by atoms with E-state index in [0.717, 1.165) is 22.2 Å². The number of nitrogens with one attached hydrogen (secondary N) is 5. The van der Waals surface area contributed by atoms with E-state index in [1.54, 1.807) is 32.2 Å². The highest BCUT2D eigenvalue weighted by Gasteiger charge is 2.32. The standard InChI is InChI=1S/C35H48ClN7O5/c1-19(2)15-28(31(37)44)40-35(48)30(20(3)4)42-32(45)21(5)39-34(47)29(16-22-18-38-27-12-10-9-11-24(22)27)41-33(46)25-17-23(43(6,7)8)13-14-26(25)36/h9-14,17-21,28-30,38H,15-16H2,1-8H3,(H5-,37,39,40,41,42,44,45,46,47,48)/p+1/t21-,28-,29-,30-/m0/s1. The number of rotatable bonds is 15. The number of halogens is 1. The van der Waals surface area contributed by atoms with Gasteiger partial charge in [0.25, 0.3) is 5.91 Å². The molecule has 12 nitrogen and oxygen atoms in total. The van der Waals surface area contributed by atoms with Crippen molar-refractivity contribution in [2.45, 2.75) is 71.6 Å². The molecule has 3 aromatic rings. The summed E-state index contributed by atoms with van der Waals surface area (Å²) in [4.78, 5) is 69.0. The molecule has 13 heteroatoms. The number of nitrogens with zero attached hydrogens (tertiary/aromatic N) is 1. The molecule has 0 saturated heterocycles. The van der Waals surface area contributed by atoms with Crippen LogP contribution in [0.4, 0.5) is 5.69 Å². The lowest BCUT2D eigenvalue weighted by atomic mass is 9.99. The van der Waals surface area contributed by atoms with Gasteiger partial charge in [-0.3, -0.25) is 28.5 Å². The molecule has 0 radical (unpaired) electrons. The van der Waals surface area contributed by atoms with Crippen LogP contribution >= 0.6 is 11.6 Å². The third-order valence-electron chi connectivity index (χ3n) is 8.06. The van der Waals surface area contributed by atoms with Crippen LogP contribution < -0.4 is 31.5 Å². The van der Waals surface area contributed by atoms with Crippen LogP contribution in [0.25, 0.3) is 10.9 Å². The van der Waals surface area contributed by atoms with Crippen molar-refractivity contribution in [1.82, 2.24) is 30.7 Å². The number of H-pyrrole nitrogens is 1. The summed E-state index contributed by atoms with van der Waals surface area (Å²) >= 11 is 6.44. The highest BCUT2D eigenvalue weighted by atomic mass is 35.5. The number of benzene rings is 2. The fourth-order valence-corrected chi connectivity index (χ4v) is 5.45. The fraction of sp³-hybridized carbons (Fsp3) is 0.457. The topological polar surface area (TPSA) is 175 Å². The van der Waals surface area contributed by atoms with E-state index in [1.165, 1.54) is 6.92 Å². The molecule has 0 aliphatic carbocycles. The molecule has 0 unspecified atom stereocenters. The van der Waals surface area contributed by atoms with Gasteiger partial charge in [0, 0.05) is 35.7 Å². The maximum atomic E-state index is 13.8. The number of carbonyl (C=O) groups is 5. The zero-order chi connectivity index (χ0) is 35.9. The molecule has 0 saturated carbocycles. The molecule has 0 spiro atoms. The molecular formula is C35H49ClN7O5+. The Morgan fingerprint density at radius 3 is 2.10 bits per heavy atom. The van der Waals surface area contributed by atoms with E-state index in [2.05, 4.69) is 26.3 Å². The van der Waals surface area contributed by atoms with E-state index in [4.69, 9.17) is 17.3 Å². The van der Waals surface area contributed by atoms with Crippen molar-refractivity contribution in [2.24, 2.45) is 17.6 Å². The Balaban J connectivity index is 1.82. The molecule has 7 N–H and O–H groups in total. The van der Waals surface area contributed by atoms with Crippen molar-refractivity contribution in [3.05, 3.63) is 64.8 Å². The first-order valence-electron chi connectivity index (χ1n) is 16.1. The first-order chi connectivity index (χ1) is 22.4. The summed E-state index contributed by atoms with van der Waals surface area (Å²) < 4.78 is 0.444. The van der Waals surface area contributed by atoms with Gasteiger partial charge in [-0.15, -0.1) is 0 Å². The molecule has 4 atom stereocenters. The van der Waals surface area contributed by atoms with Crippen molar-refractivity contribution in [3.63, 3.8) is 0 Å². The van der Waals surface area contributed by atoms with Crippen molar-refractivity contribution >= 4 is 57.7 Å². The van der Waals surface area contributed by atoms with Gasteiger partial charge in [-0.25, -0.2) is 0 Å². The molecule has 1 heterocycles. The molecule has 2 aromatic carbocycles. The Labute approximate surface area is 287 Å². The second kappa shape index (κ2) is 16.1. The first-order valence-corrected chi connectivity index (χ1v) is 16.4. The molecule has 48 heavy (non-hydrogen) atoms. The minimum absolute atomic E-state index is 0.0976. The maximum Gasteiger partial charge on any atom is 0.253 e. The van der Waals surface area contributed by atoms with Crippen molar-refractivity contribution in [1.29, 1.82) is 0 Å². The normalized spacial score (nSPS) is 14.2. The number of aromatic amines is 1. The highest BCUT2D eigenvalue weighted by Crippen LogP contribution is 2.25. The molecule has 5 amide bonds. The van der Waals surface area contributed by atoms with Gasteiger partial charge in [0.15, 0.2) is 0 Å². The third kappa shape index (κ3) is 10.0. The van der Waals surface area contributed by atoms with Gasteiger partial charge in [-0.2, -0.15) is 0 Å². The summed E-state index contributed by atoms with van der Waals surface area (Å²) in [5.74, 6) is -3.24. The Bertz CT molecular complexity index is 1650. The lowest BCUT2D eigenvalue weighted by Crippen LogP contribution is -2.59. The van der Waals surface area contributed by atoms with E-state index >= 15 is 0 Å². The monoisotopic (exact) mass is 682 g/mol. The molecule has 1 aromatic heterocycles. The number of amides is 5. The maximum absolute atomic E-state index is 13.8. The van der Waals surface area contributed by atoms with Gasteiger partial charge in [0.05, 0.1) is 31.7 Å². The molecular weight excluding hydrogens is 634 g/mol. The minimum Gasteiger partial charge on any atom is -0.368 e. The SMILES string of the molecule is CC(C)C[C@H](NC(=O)[C@@H](NC(=O)[C@H](C)NC(=O)[C@H](Cc1c[nH]c2ccccc12)NC(=O)c1cc([N+](C)(C)C)ccc1Cl)C(C)C)C(N)=O. The Hall–Kier alpha value is -4.42. The molecule has 0 aliphatic rings. The van der Waals surface area contributed by atoms with Crippen molar-refractivity contribution in [2.75, 3.05) is 21.1 Å². The van der Waals surface area contributed by atoms with Gasteiger partial charge in [0.2, 0.25) is 23.6 Å². The summed E-state index contributed by atoms with van der Waals surface area (Å²) in [5.41, 5.74) is 8.20. The number of para-hydroxylation sites is 1. The Kier molecular flexibility index (Phi) is 12.8. The third-order valence-corrected chi connectivity index (χ3v) is 8.39. The lowest BCUT2D eigenvalue weighted by Gasteiger charge is -2.27. The van der Waals surface area contributed by atoms with Crippen molar-refractivity contribution < 1.29 is 24.0 Å². The van der Waals surface area contributed by atoms with Crippen LogP contribution in [0.15, 0.2) is 48.7 Å². The van der Waals surface area contributed by atoms with E-state index < -0.39 is 53.7 Å². The second-order valence-corrected chi connectivity index (χ2v) is 14.2. The van der Waals surface area contributed by atoms with E-state index in [1.807, 2.05) is 65.3 Å². The zero-order valence-electron chi connectivity index (χ0n) is 28.9.